The van der Waals surface area contributed by atoms with Gasteiger partial charge in [0.1, 0.15) is 0 Å². The summed E-state index contributed by atoms with van der Waals surface area (Å²) in [5.74, 6) is 0.682. The molecule has 1 aliphatic rings. The summed E-state index contributed by atoms with van der Waals surface area (Å²) in [7, 11) is 0. The van der Waals surface area contributed by atoms with Crippen LogP contribution >= 0.6 is 0 Å². The van der Waals surface area contributed by atoms with Gasteiger partial charge in [-0.05, 0) is 30.5 Å². The largest absolute Gasteiger partial charge is 0.481 e. The fourth-order valence-electron chi connectivity index (χ4n) is 3.49. The van der Waals surface area contributed by atoms with Crippen molar-refractivity contribution in [3.05, 3.63) is 77.7 Å². The predicted octanol–water partition coefficient (Wildman–Crippen LogP) is 3.74. The number of hydrogen-bond donors (Lipinski definition) is 0. The number of likely N-dealkylation sites (tertiary alicyclic amines) is 1. The van der Waals surface area contributed by atoms with E-state index in [1.54, 1.807) is 18.2 Å². The summed E-state index contributed by atoms with van der Waals surface area (Å²) in [5, 5.41) is 4.05. The van der Waals surface area contributed by atoms with Gasteiger partial charge < -0.3 is 14.2 Å². The standard InChI is InChI=1S/C22H22FN3O3/c23-18-10-4-5-11-19(18)28-15-20-24-22(25-29-20)17-9-6-12-26(14-17)21(27)13-16-7-2-1-3-8-16/h1-5,7-8,10-11,17H,6,9,12-15H2. The molecule has 1 unspecified atom stereocenters. The molecule has 0 aliphatic carbocycles. The zero-order chi connectivity index (χ0) is 20.1. The van der Waals surface area contributed by atoms with Crippen LogP contribution in [0.4, 0.5) is 4.39 Å². The Labute approximate surface area is 168 Å². The lowest BCUT2D eigenvalue weighted by molar-refractivity contribution is -0.131. The van der Waals surface area contributed by atoms with Crippen molar-refractivity contribution >= 4 is 5.91 Å². The molecular weight excluding hydrogens is 373 g/mol. The van der Waals surface area contributed by atoms with Crippen LogP contribution in [0.5, 0.6) is 5.75 Å². The van der Waals surface area contributed by atoms with E-state index >= 15 is 0 Å². The van der Waals surface area contributed by atoms with Crippen LogP contribution < -0.4 is 4.74 Å². The molecule has 0 N–H and O–H groups in total. The highest BCUT2D eigenvalue weighted by molar-refractivity contribution is 5.78. The molecule has 1 aromatic heterocycles. The van der Waals surface area contributed by atoms with Crippen molar-refractivity contribution in [2.75, 3.05) is 13.1 Å². The smallest absolute Gasteiger partial charge is 0.264 e. The molecule has 0 spiro atoms. The molecule has 3 aromatic rings. The van der Waals surface area contributed by atoms with Gasteiger partial charge in [0.25, 0.3) is 5.89 Å². The van der Waals surface area contributed by atoms with E-state index in [9.17, 15) is 9.18 Å². The lowest BCUT2D eigenvalue weighted by Crippen LogP contribution is -2.40. The first kappa shape index (κ1) is 19.1. The van der Waals surface area contributed by atoms with Gasteiger partial charge in [0.15, 0.2) is 24.0 Å². The number of hydrogen-bond acceptors (Lipinski definition) is 5. The fraction of sp³-hybridized carbons (Fsp3) is 0.318. The summed E-state index contributed by atoms with van der Waals surface area (Å²) in [5.41, 5.74) is 1.01. The molecule has 6 nitrogen and oxygen atoms in total. The Morgan fingerprint density at radius 2 is 1.97 bits per heavy atom. The third-order valence-corrected chi connectivity index (χ3v) is 5.01. The van der Waals surface area contributed by atoms with Gasteiger partial charge in [-0.2, -0.15) is 4.98 Å². The number of para-hydroxylation sites is 1. The summed E-state index contributed by atoms with van der Waals surface area (Å²) >= 11 is 0. The van der Waals surface area contributed by atoms with Crippen LogP contribution in [-0.2, 0) is 17.8 Å². The lowest BCUT2D eigenvalue weighted by Gasteiger charge is -2.31. The van der Waals surface area contributed by atoms with E-state index in [2.05, 4.69) is 10.1 Å². The van der Waals surface area contributed by atoms with Gasteiger partial charge >= 0.3 is 0 Å². The Morgan fingerprint density at radius 1 is 1.17 bits per heavy atom. The molecule has 150 valence electrons. The van der Waals surface area contributed by atoms with Crippen LogP contribution in [0.3, 0.4) is 0 Å². The van der Waals surface area contributed by atoms with Crippen LogP contribution in [0.2, 0.25) is 0 Å². The van der Waals surface area contributed by atoms with Crippen LogP contribution in [0, 0.1) is 5.82 Å². The van der Waals surface area contributed by atoms with Crippen LogP contribution in [0.25, 0.3) is 0 Å². The van der Waals surface area contributed by atoms with Crippen LogP contribution in [0.15, 0.2) is 59.1 Å². The van der Waals surface area contributed by atoms with Crippen molar-refractivity contribution in [3.8, 4) is 5.75 Å². The zero-order valence-corrected chi connectivity index (χ0v) is 16.0. The minimum absolute atomic E-state index is 0.00267. The van der Waals surface area contributed by atoms with E-state index in [0.29, 0.717) is 18.8 Å². The van der Waals surface area contributed by atoms with Crippen LogP contribution in [0.1, 0.15) is 36.0 Å². The van der Waals surface area contributed by atoms with Gasteiger partial charge in [0, 0.05) is 19.0 Å². The maximum Gasteiger partial charge on any atom is 0.264 e. The molecule has 1 fully saturated rings. The van der Waals surface area contributed by atoms with Gasteiger partial charge in [-0.1, -0.05) is 47.6 Å². The number of carbonyl (C=O) groups excluding carboxylic acids is 1. The minimum Gasteiger partial charge on any atom is -0.481 e. The Balaban J connectivity index is 1.35. The second-order valence-corrected chi connectivity index (χ2v) is 7.11. The molecule has 4 rings (SSSR count). The van der Waals surface area contributed by atoms with E-state index in [1.165, 1.54) is 6.07 Å². The van der Waals surface area contributed by atoms with Crippen molar-refractivity contribution in [1.82, 2.24) is 15.0 Å². The summed E-state index contributed by atoms with van der Waals surface area (Å²) in [6.45, 7) is 1.30. The molecule has 2 heterocycles. The summed E-state index contributed by atoms with van der Waals surface area (Å²) in [4.78, 5) is 18.9. The molecule has 1 amide bonds. The zero-order valence-electron chi connectivity index (χ0n) is 16.0. The molecular formula is C22H22FN3O3. The average Bonchev–Trinajstić information content (AvgIpc) is 3.23. The number of rotatable bonds is 6. The molecule has 0 radical (unpaired) electrons. The second kappa shape index (κ2) is 8.86. The highest BCUT2D eigenvalue weighted by Crippen LogP contribution is 2.26. The first-order chi connectivity index (χ1) is 14.2. The van der Waals surface area contributed by atoms with E-state index in [-0.39, 0.29) is 30.1 Å². The van der Waals surface area contributed by atoms with Crippen molar-refractivity contribution in [2.45, 2.75) is 31.8 Å². The van der Waals surface area contributed by atoms with E-state index in [0.717, 1.165) is 24.9 Å². The van der Waals surface area contributed by atoms with Gasteiger partial charge in [-0.15, -0.1) is 0 Å². The molecule has 0 bridgehead atoms. The summed E-state index contributed by atoms with van der Waals surface area (Å²) in [6, 6.07) is 15.9. The van der Waals surface area contributed by atoms with Gasteiger partial charge in [0.05, 0.1) is 6.42 Å². The fourth-order valence-corrected chi connectivity index (χ4v) is 3.49. The molecule has 0 saturated carbocycles. The summed E-state index contributed by atoms with van der Waals surface area (Å²) in [6.07, 6.45) is 2.17. The molecule has 1 atom stereocenters. The minimum atomic E-state index is -0.438. The van der Waals surface area contributed by atoms with E-state index in [4.69, 9.17) is 9.26 Å². The maximum absolute atomic E-state index is 13.6. The Hall–Kier alpha value is -3.22. The topological polar surface area (TPSA) is 68.5 Å². The third kappa shape index (κ3) is 4.80. The lowest BCUT2D eigenvalue weighted by atomic mass is 9.97. The predicted molar refractivity (Wildman–Crippen MR) is 104 cm³/mol. The molecule has 7 heteroatoms. The van der Waals surface area contributed by atoms with E-state index < -0.39 is 5.82 Å². The highest BCUT2D eigenvalue weighted by Gasteiger charge is 2.28. The first-order valence-corrected chi connectivity index (χ1v) is 9.70. The maximum atomic E-state index is 13.6. The SMILES string of the molecule is O=C(Cc1ccccc1)N1CCCC(c2noc(COc3ccccc3F)n2)C1. The molecule has 2 aromatic carbocycles. The highest BCUT2D eigenvalue weighted by atomic mass is 19.1. The first-order valence-electron chi connectivity index (χ1n) is 9.70. The van der Waals surface area contributed by atoms with Gasteiger partial charge in [-0.3, -0.25) is 4.79 Å². The average molecular weight is 395 g/mol. The number of piperidine rings is 1. The number of ether oxygens (including phenoxy) is 1. The van der Waals surface area contributed by atoms with E-state index in [1.807, 2.05) is 35.2 Å². The van der Waals surface area contributed by atoms with Gasteiger partial charge in [0.2, 0.25) is 5.91 Å². The van der Waals surface area contributed by atoms with Crippen molar-refractivity contribution in [2.24, 2.45) is 0 Å². The number of carbonyl (C=O) groups is 1. The molecule has 1 saturated heterocycles. The number of halogens is 1. The number of aromatic nitrogens is 2. The van der Waals surface area contributed by atoms with Gasteiger partial charge in [-0.25, -0.2) is 4.39 Å². The molecule has 1 aliphatic heterocycles. The number of amides is 1. The van der Waals surface area contributed by atoms with Crippen molar-refractivity contribution in [3.63, 3.8) is 0 Å². The Morgan fingerprint density at radius 3 is 2.79 bits per heavy atom. The third-order valence-electron chi connectivity index (χ3n) is 5.01. The quantitative estimate of drug-likeness (QED) is 0.636. The second-order valence-electron chi connectivity index (χ2n) is 7.11. The normalized spacial score (nSPS) is 16.6. The Kier molecular flexibility index (Phi) is 5.84. The molecule has 29 heavy (non-hydrogen) atoms. The summed E-state index contributed by atoms with van der Waals surface area (Å²) < 4.78 is 24.3. The number of nitrogens with zero attached hydrogens (tertiary/aromatic N) is 3. The Bertz CT molecular complexity index is 961. The number of benzene rings is 2. The monoisotopic (exact) mass is 395 g/mol. The van der Waals surface area contributed by atoms with Crippen molar-refractivity contribution < 1.29 is 18.4 Å². The van der Waals surface area contributed by atoms with Crippen LogP contribution in [-0.4, -0.2) is 34.0 Å². The van der Waals surface area contributed by atoms with Crippen molar-refractivity contribution in [1.29, 1.82) is 0 Å².